The maximum Gasteiger partial charge on any atom is 0.224 e. The Bertz CT molecular complexity index is 518. The number of rotatable bonds is 4. The molecule has 1 amide bonds. The van der Waals surface area contributed by atoms with Crippen LogP contribution in [0.25, 0.3) is 0 Å². The first-order valence-corrected chi connectivity index (χ1v) is 8.09. The lowest BCUT2D eigenvalue weighted by atomic mass is 9.88. The van der Waals surface area contributed by atoms with Crippen LogP contribution in [0.15, 0.2) is 30.3 Å². The normalized spacial score (nSPS) is 22.7. The van der Waals surface area contributed by atoms with Crippen molar-refractivity contribution in [3.63, 3.8) is 0 Å². The fourth-order valence-electron chi connectivity index (χ4n) is 3.26. The fourth-order valence-corrected chi connectivity index (χ4v) is 3.26. The number of benzene rings is 1. The summed E-state index contributed by atoms with van der Waals surface area (Å²) in [7, 11) is 0. The number of carbonyl (C=O) groups excluding carboxylic acids is 2. The number of likely N-dealkylation sites (tertiary alicyclic amines) is 1. The van der Waals surface area contributed by atoms with E-state index in [-0.39, 0.29) is 23.7 Å². The monoisotopic (exact) mass is 301 g/mol. The molecule has 3 rings (SSSR count). The number of Topliss-reactive ketones (excluding diaryl/α,β-unsaturated/α-hetero) is 1. The van der Waals surface area contributed by atoms with E-state index in [0.29, 0.717) is 19.5 Å². The summed E-state index contributed by atoms with van der Waals surface area (Å²) in [6.45, 7) is 2.32. The average Bonchev–Trinajstić information content (AvgIpc) is 3.08. The highest BCUT2D eigenvalue weighted by atomic mass is 16.2. The molecule has 0 bridgehead atoms. The molecule has 118 valence electrons. The van der Waals surface area contributed by atoms with Crippen LogP contribution in [0.2, 0.25) is 0 Å². The quantitative estimate of drug-likeness (QED) is 0.825. The highest BCUT2D eigenvalue weighted by Crippen LogP contribution is 2.22. The second-order valence-corrected chi connectivity index (χ2v) is 6.15. The Hall–Kier alpha value is -1.72. The molecule has 2 N–H and O–H groups in total. The summed E-state index contributed by atoms with van der Waals surface area (Å²) in [6.07, 6.45) is 3.09. The SMILES string of the molecule is O=C(c1ccccc1)C1CCN(C(=O)CC2CCNN2)CC1. The van der Waals surface area contributed by atoms with Crippen molar-refractivity contribution in [3.05, 3.63) is 35.9 Å². The molecule has 0 aromatic heterocycles. The highest BCUT2D eigenvalue weighted by Gasteiger charge is 2.29. The van der Waals surface area contributed by atoms with Crippen LogP contribution in [0, 0.1) is 5.92 Å². The second-order valence-electron chi connectivity index (χ2n) is 6.15. The molecule has 2 saturated heterocycles. The van der Waals surface area contributed by atoms with Gasteiger partial charge in [0.05, 0.1) is 0 Å². The number of hydrogen-bond donors (Lipinski definition) is 2. The molecule has 2 aliphatic heterocycles. The standard InChI is InChI=1S/C17H23N3O2/c21-16(12-15-6-9-18-19-15)20-10-7-14(8-11-20)17(22)13-4-2-1-3-5-13/h1-5,14-15,18-19H,6-12H2. The predicted molar refractivity (Wildman–Crippen MR) is 84.2 cm³/mol. The molecule has 2 aliphatic rings. The van der Waals surface area contributed by atoms with Gasteiger partial charge in [-0.3, -0.25) is 20.4 Å². The van der Waals surface area contributed by atoms with E-state index in [4.69, 9.17) is 0 Å². The number of piperidine rings is 1. The number of nitrogens with zero attached hydrogens (tertiary/aromatic N) is 1. The van der Waals surface area contributed by atoms with Gasteiger partial charge in [0.15, 0.2) is 5.78 Å². The average molecular weight is 301 g/mol. The van der Waals surface area contributed by atoms with E-state index < -0.39 is 0 Å². The van der Waals surface area contributed by atoms with E-state index in [2.05, 4.69) is 10.9 Å². The zero-order valence-corrected chi connectivity index (χ0v) is 12.8. The minimum absolute atomic E-state index is 0.0534. The Balaban J connectivity index is 1.49. The molecule has 1 atom stereocenters. The summed E-state index contributed by atoms with van der Waals surface area (Å²) in [5.74, 6) is 0.471. The third kappa shape index (κ3) is 3.54. The first kappa shape index (κ1) is 15.2. The number of hydrazine groups is 1. The minimum Gasteiger partial charge on any atom is -0.343 e. The van der Waals surface area contributed by atoms with E-state index in [0.717, 1.165) is 31.4 Å². The molecular formula is C17H23N3O2. The van der Waals surface area contributed by atoms with Gasteiger partial charge < -0.3 is 4.90 Å². The number of nitrogens with one attached hydrogen (secondary N) is 2. The molecule has 1 aromatic rings. The second kappa shape index (κ2) is 7.03. The van der Waals surface area contributed by atoms with Crippen LogP contribution >= 0.6 is 0 Å². The van der Waals surface area contributed by atoms with Gasteiger partial charge in [0.2, 0.25) is 5.91 Å². The highest BCUT2D eigenvalue weighted by molar-refractivity contribution is 5.98. The van der Waals surface area contributed by atoms with Crippen LogP contribution in [0.5, 0.6) is 0 Å². The number of ketones is 1. The van der Waals surface area contributed by atoms with Crippen molar-refractivity contribution >= 4 is 11.7 Å². The molecule has 1 unspecified atom stereocenters. The van der Waals surface area contributed by atoms with Crippen molar-refractivity contribution in [2.24, 2.45) is 5.92 Å². The molecule has 2 fully saturated rings. The van der Waals surface area contributed by atoms with Gasteiger partial charge in [-0.25, -0.2) is 0 Å². The zero-order valence-electron chi connectivity index (χ0n) is 12.8. The molecule has 0 aliphatic carbocycles. The van der Waals surface area contributed by atoms with Gasteiger partial charge in [0.1, 0.15) is 0 Å². The van der Waals surface area contributed by atoms with Crippen molar-refractivity contribution in [1.82, 2.24) is 15.8 Å². The van der Waals surface area contributed by atoms with Gasteiger partial charge in [-0.05, 0) is 19.3 Å². The Morgan fingerprint density at radius 3 is 2.45 bits per heavy atom. The Morgan fingerprint density at radius 2 is 1.82 bits per heavy atom. The van der Waals surface area contributed by atoms with Gasteiger partial charge >= 0.3 is 0 Å². The maximum atomic E-state index is 12.4. The molecule has 0 spiro atoms. The molecule has 0 radical (unpaired) electrons. The first-order valence-electron chi connectivity index (χ1n) is 8.09. The number of carbonyl (C=O) groups is 2. The van der Waals surface area contributed by atoms with Gasteiger partial charge in [0.25, 0.3) is 0 Å². The predicted octanol–water partition coefficient (Wildman–Crippen LogP) is 1.36. The van der Waals surface area contributed by atoms with E-state index in [1.807, 2.05) is 35.2 Å². The number of hydrogen-bond acceptors (Lipinski definition) is 4. The molecule has 2 heterocycles. The Morgan fingerprint density at radius 1 is 1.09 bits per heavy atom. The van der Waals surface area contributed by atoms with E-state index >= 15 is 0 Å². The Kier molecular flexibility index (Phi) is 4.85. The lowest BCUT2D eigenvalue weighted by molar-refractivity contribution is -0.132. The van der Waals surface area contributed by atoms with Gasteiger partial charge in [-0.1, -0.05) is 30.3 Å². The molecule has 0 saturated carbocycles. The summed E-state index contributed by atoms with van der Waals surface area (Å²) in [5, 5.41) is 0. The lowest BCUT2D eigenvalue weighted by Gasteiger charge is -2.32. The molecule has 5 heteroatoms. The first-order chi connectivity index (χ1) is 10.7. The van der Waals surface area contributed by atoms with Gasteiger partial charge in [-0.2, -0.15) is 0 Å². The van der Waals surface area contributed by atoms with E-state index in [1.165, 1.54) is 0 Å². The van der Waals surface area contributed by atoms with Gasteiger partial charge in [0, 0.05) is 43.6 Å². The zero-order chi connectivity index (χ0) is 15.4. The van der Waals surface area contributed by atoms with Crippen LogP contribution in [-0.4, -0.2) is 42.3 Å². The van der Waals surface area contributed by atoms with Crippen molar-refractivity contribution in [2.45, 2.75) is 31.7 Å². The minimum atomic E-state index is 0.0534. The van der Waals surface area contributed by atoms with Crippen LogP contribution < -0.4 is 10.9 Å². The van der Waals surface area contributed by atoms with Crippen LogP contribution in [0.1, 0.15) is 36.0 Å². The van der Waals surface area contributed by atoms with Crippen LogP contribution in [0.3, 0.4) is 0 Å². The third-order valence-corrected chi connectivity index (χ3v) is 4.62. The third-order valence-electron chi connectivity index (χ3n) is 4.62. The molecule has 22 heavy (non-hydrogen) atoms. The largest absolute Gasteiger partial charge is 0.343 e. The number of amides is 1. The summed E-state index contributed by atoms with van der Waals surface area (Å²) >= 11 is 0. The van der Waals surface area contributed by atoms with E-state index in [9.17, 15) is 9.59 Å². The van der Waals surface area contributed by atoms with Crippen LogP contribution in [0.4, 0.5) is 0 Å². The topological polar surface area (TPSA) is 61.4 Å². The van der Waals surface area contributed by atoms with Crippen molar-refractivity contribution < 1.29 is 9.59 Å². The summed E-state index contributed by atoms with van der Waals surface area (Å²) < 4.78 is 0. The van der Waals surface area contributed by atoms with Crippen LogP contribution in [-0.2, 0) is 4.79 Å². The van der Waals surface area contributed by atoms with Gasteiger partial charge in [-0.15, -0.1) is 0 Å². The summed E-state index contributed by atoms with van der Waals surface area (Å²) in [6, 6.07) is 9.71. The summed E-state index contributed by atoms with van der Waals surface area (Å²) in [5.41, 5.74) is 6.96. The molecular weight excluding hydrogens is 278 g/mol. The smallest absolute Gasteiger partial charge is 0.224 e. The maximum absolute atomic E-state index is 12.4. The summed E-state index contributed by atoms with van der Waals surface area (Å²) in [4.78, 5) is 26.6. The lowest BCUT2D eigenvalue weighted by Crippen LogP contribution is -2.43. The van der Waals surface area contributed by atoms with Crippen molar-refractivity contribution in [1.29, 1.82) is 0 Å². The Labute approximate surface area is 131 Å². The fraction of sp³-hybridized carbons (Fsp3) is 0.529. The molecule has 5 nitrogen and oxygen atoms in total. The van der Waals surface area contributed by atoms with Crippen molar-refractivity contribution in [3.8, 4) is 0 Å². The van der Waals surface area contributed by atoms with Crippen molar-refractivity contribution in [2.75, 3.05) is 19.6 Å². The molecule has 1 aromatic carbocycles. The van der Waals surface area contributed by atoms with E-state index in [1.54, 1.807) is 0 Å².